The number of unbranched alkanes of at least 4 members (excludes halogenated alkanes) is 11. The number of carboxylic acid groups (broad SMARTS) is 3. The SMILES string of the molecule is CC/C=C/CCCCCCCCCCCCCC(=O)O.Cc1c(C)c2c(c(C)c1O)CCC(C)(C(=O)O)O2.O=C(O)c1ccccc1-c1ccccc1CO. The summed E-state index contributed by atoms with van der Waals surface area (Å²) >= 11 is 0. The molecule has 4 rings (SSSR count). The number of rotatable bonds is 19. The molecule has 0 saturated heterocycles. The van der Waals surface area contributed by atoms with E-state index in [1.165, 1.54) is 64.2 Å². The fraction of sp³-hybridized carbons (Fsp3) is 0.500. The molecule has 0 aromatic heterocycles. The van der Waals surface area contributed by atoms with Crippen molar-refractivity contribution in [2.45, 2.75) is 150 Å². The summed E-state index contributed by atoms with van der Waals surface area (Å²) in [6, 6.07) is 14.0. The van der Waals surface area contributed by atoms with Crippen LogP contribution in [-0.4, -0.2) is 49.0 Å². The fourth-order valence-corrected chi connectivity index (χ4v) is 6.64. The van der Waals surface area contributed by atoms with Gasteiger partial charge in [-0.2, -0.15) is 0 Å². The molecule has 9 heteroatoms. The third-order valence-corrected chi connectivity index (χ3v) is 10.3. The average Bonchev–Trinajstić information content (AvgIpc) is 3.18. The second-order valence-electron chi connectivity index (χ2n) is 14.5. The van der Waals surface area contributed by atoms with Gasteiger partial charge in [-0.3, -0.25) is 4.79 Å². The Morgan fingerprint density at radius 3 is 1.82 bits per heavy atom. The Kier molecular flexibility index (Phi) is 20.9. The molecular weight excluding hydrogens is 696 g/mol. The predicted molar refractivity (Wildman–Crippen MR) is 219 cm³/mol. The molecule has 0 aliphatic carbocycles. The number of hydrogen-bond acceptors (Lipinski definition) is 6. The van der Waals surface area contributed by atoms with Crippen LogP contribution in [0.3, 0.4) is 0 Å². The van der Waals surface area contributed by atoms with Gasteiger partial charge in [0.05, 0.1) is 12.2 Å². The van der Waals surface area contributed by atoms with E-state index < -0.39 is 23.5 Å². The van der Waals surface area contributed by atoms with Crippen LogP contribution in [0.15, 0.2) is 60.7 Å². The monoisotopic (exact) mass is 760 g/mol. The Morgan fingerprint density at radius 1 is 0.727 bits per heavy atom. The number of carboxylic acids is 3. The maximum atomic E-state index is 11.3. The van der Waals surface area contributed by atoms with Crippen LogP contribution < -0.4 is 4.74 Å². The molecule has 0 radical (unpaired) electrons. The Labute approximate surface area is 328 Å². The van der Waals surface area contributed by atoms with Crippen LogP contribution >= 0.6 is 0 Å². The summed E-state index contributed by atoms with van der Waals surface area (Å²) in [6.45, 7) is 9.17. The second-order valence-corrected chi connectivity index (χ2v) is 14.5. The predicted octanol–water partition coefficient (Wildman–Crippen LogP) is 11.1. The van der Waals surface area contributed by atoms with Crippen molar-refractivity contribution in [1.82, 2.24) is 0 Å². The van der Waals surface area contributed by atoms with Crippen molar-refractivity contribution >= 4 is 17.9 Å². The minimum absolute atomic E-state index is 0.107. The summed E-state index contributed by atoms with van der Waals surface area (Å²) in [5.41, 5.74) is 4.47. The quantitative estimate of drug-likeness (QED) is 0.0591. The Morgan fingerprint density at radius 2 is 1.27 bits per heavy atom. The van der Waals surface area contributed by atoms with Gasteiger partial charge < -0.3 is 30.3 Å². The lowest BCUT2D eigenvalue weighted by Crippen LogP contribution is -2.44. The second kappa shape index (κ2) is 24.7. The molecule has 1 aliphatic heterocycles. The van der Waals surface area contributed by atoms with Crippen molar-refractivity contribution in [3.63, 3.8) is 0 Å². The van der Waals surface area contributed by atoms with Gasteiger partial charge in [-0.15, -0.1) is 0 Å². The first-order valence-corrected chi connectivity index (χ1v) is 19.9. The van der Waals surface area contributed by atoms with E-state index in [4.69, 9.17) is 14.9 Å². The summed E-state index contributed by atoms with van der Waals surface area (Å²) in [5, 5.41) is 46.1. The lowest BCUT2D eigenvalue weighted by atomic mass is 9.87. The zero-order chi connectivity index (χ0) is 40.8. The summed E-state index contributed by atoms with van der Waals surface area (Å²) in [7, 11) is 0. The number of aromatic carboxylic acids is 1. The molecule has 0 fully saturated rings. The molecule has 3 aromatic carbocycles. The minimum Gasteiger partial charge on any atom is -0.507 e. The molecule has 0 saturated carbocycles. The highest BCUT2D eigenvalue weighted by molar-refractivity contribution is 5.96. The number of aliphatic hydroxyl groups excluding tert-OH is 1. The highest BCUT2D eigenvalue weighted by Gasteiger charge is 2.40. The Bertz CT molecular complexity index is 1690. The highest BCUT2D eigenvalue weighted by Crippen LogP contribution is 2.43. The first kappa shape index (κ1) is 46.5. The number of phenols is 1. The van der Waals surface area contributed by atoms with Crippen LogP contribution in [0.2, 0.25) is 0 Å². The maximum absolute atomic E-state index is 11.3. The summed E-state index contributed by atoms with van der Waals surface area (Å²) < 4.78 is 5.72. The Balaban J connectivity index is 0.000000286. The standard InChI is InChI=1S/C18H34O2.C14H18O4.C14H12O3/c1-2-3-4-5-6-7-8-9-10-11-12-13-14-15-16-17-18(19)20;1-7-8(2)12-10(9(3)11(7)15)5-6-14(4,18-12)13(16)17;15-9-10-5-1-2-6-11(10)12-7-3-4-8-13(12)14(16)17/h3-4H,2,5-17H2,1H3,(H,19,20);15H,5-6H2,1-4H3,(H,16,17);1-8,15H,9H2,(H,16,17)/b4-3+;;. The number of aromatic hydroxyl groups is 1. The van der Waals surface area contributed by atoms with E-state index in [0.29, 0.717) is 30.6 Å². The van der Waals surface area contributed by atoms with E-state index in [-0.39, 0.29) is 17.9 Å². The number of hydrogen-bond donors (Lipinski definition) is 5. The molecule has 5 N–H and O–H groups in total. The van der Waals surface area contributed by atoms with Gasteiger partial charge in [0, 0.05) is 18.4 Å². The van der Waals surface area contributed by atoms with Crippen molar-refractivity contribution in [2.24, 2.45) is 0 Å². The number of fused-ring (bicyclic) bond motifs is 1. The van der Waals surface area contributed by atoms with Crippen LogP contribution in [0.4, 0.5) is 0 Å². The van der Waals surface area contributed by atoms with E-state index in [9.17, 15) is 29.7 Å². The third-order valence-electron chi connectivity index (χ3n) is 10.3. The molecule has 302 valence electrons. The van der Waals surface area contributed by atoms with Crippen LogP contribution in [-0.2, 0) is 22.6 Å². The van der Waals surface area contributed by atoms with Crippen molar-refractivity contribution in [3.05, 3.63) is 94.1 Å². The van der Waals surface area contributed by atoms with Gasteiger partial charge in [0.15, 0.2) is 0 Å². The molecule has 9 nitrogen and oxygen atoms in total. The minimum atomic E-state index is -1.17. The van der Waals surface area contributed by atoms with Crippen molar-refractivity contribution in [2.75, 3.05) is 0 Å². The van der Waals surface area contributed by atoms with Gasteiger partial charge in [-0.1, -0.05) is 119 Å². The molecule has 1 atom stereocenters. The topological polar surface area (TPSA) is 162 Å². The maximum Gasteiger partial charge on any atom is 0.347 e. The van der Waals surface area contributed by atoms with Crippen molar-refractivity contribution in [3.8, 4) is 22.6 Å². The van der Waals surface area contributed by atoms with E-state index in [1.807, 2.05) is 39.0 Å². The van der Waals surface area contributed by atoms with Crippen LogP contribution in [0, 0.1) is 20.8 Å². The van der Waals surface area contributed by atoms with Crippen molar-refractivity contribution < 1.29 is 44.7 Å². The molecule has 1 unspecified atom stereocenters. The van der Waals surface area contributed by atoms with E-state index in [0.717, 1.165) is 52.6 Å². The smallest absolute Gasteiger partial charge is 0.347 e. The van der Waals surface area contributed by atoms with Crippen LogP contribution in [0.25, 0.3) is 11.1 Å². The average molecular weight is 761 g/mol. The zero-order valence-corrected chi connectivity index (χ0v) is 33.7. The number of allylic oxidation sites excluding steroid dienone is 2. The lowest BCUT2D eigenvalue weighted by molar-refractivity contribution is -0.155. The summed E-state index contributed by atoms with van der Waals surface area (Å²) in [6.07, 6.45) is 22.3. The van der Waals surface area contributed by atoms with Gasteiger partial charge in [0.25, 0.3) is 0 Å². The van der Waals surface area contributed by atoms with Gasteiger partial charge >= 0.3 is 17.9 Å². The van der Waals surface area contributed by atoms with E-state index >= 15 is 0 Å². The molecule has 55 heavy (non-hydrogen) atoms. The van der Waals surface area contributed by atoms with Crippen LogP contribution in [0.1, 0.15) is 148 Å². The number of carbonyl (C=O) groups is 3. The summed E-state index contributed by atoms with van der Waals surface area (Å²) in [4.78, 5) is 32.7. The third kappa shape index (κ3) is 15.2. The summed E-state index contributed by atoms with van der Waals surface area (Å²) in [5.74, 6) is -1.66. The Hall–Kier alpha value is -4.63. The molecule has 0 spiro atoms. The number of ether oxygens (including phenoxy) is 1. The van der Waals surface area contributed by atoms with Gasteiger partial charge in [-0.05, 0) is 99.2 Å². The first-order valence-electron chi connectivity index (χ1n) is 19.9. The molecule has 3 aromatic rings. The first-order chi connectivity index (χ1) is 26.3. The molecule has 0 amide bonds. The van der Waals surface area contributed by atoms with E-state index in [1.54, 1.807) is 37.3 Å². The molecular formula is C46H64O9. The highest BCUT2D eigenvalue weighted by atomic mass is 16.5. The molecule has 1 heterocycles. The number of aliphatic carboxylic acids is 2. The fourth-order valence-electron chi connectivity index (χ4n) is 6.64. The van der Waals surface area contributed by atoms with Gasteiger partial charge in [-0.25, -0.2) is 9.59 Å². The zero-order valence-electron chi connectivity index (χ0n) is 33.7. The molecule has 1 aliphatic rings. The van der Waals surface area contributed by atoms with Gasteiger partial charge in [0.1, 0.15) is 11.5 Å². The van der Waals surface area contributed by atoms with Crippen LogP contribution in [0.5, 0.6) is 11.5 Å². The van der Waals surface area contributed by atoms with E-state index in [2.05, 4.69) is 19.1 Å². The number of aliphatic hydroxyl groups is 1. The number of phenolic OH excluding ortho intramolecular Hbond substituents is 1. The normalized spacial score (nSPS) is 14.5. The van der Waals surface area contributed by atoms with Gasteiger partial charge in [0.2, 0.25) is 5.60 Å². The molecule has 0 bridgehead atoms. The number of benzene rings is 3. The van der Waals surface area contributed by atoms with Crippen molar-refractivity contribution in [1.29, 1.82) is 0 Å². The largest absolute Gasteiger partial charge is 0.507 e. The lowest BCUT2D eigenvalue weighted by Gasteiger charge is -2.34.